The molecule has 1 saturated heterocycles. The molecule has 0 radical (unpaired) electrons. The quantitative estimate of drug-likeness (QED) is 0.212. The van der Waals surface area contributed by atoms with Crippen LogP contribution in [0.2, 0.25) is 0 Å². The maximum atomic E-state index is 11.9. The maximum absolute atomic E-state index is 11.9. The summed E-state index contributed by atoms with van der Waals surface area (Å²) in [6, 6.07) is 0. The lowest BCUT2D eigenvalue weighted by molar-refractivity contribution is -0.142. The van der Waals surface area contributed by atoms with Crippen molar-refractivity contribution in [3.63, 3.8) is 0 Å². The van der Waals surface area contributed by atoms with Crippen LogP contribution in [0.3, 0.4) is 0 Å². The van der Waals surface area contributed by atoms with Gasteiger partial charge in [0.25, 0.3) is 0 Å². The number of hydrogen-bond donors (Lipinski definition) is 3. The highest BCUT2D eigenvalue weighted by Gasteiger charge is 2.44. The summed E-state index contributed by atoms with van der Waals surface area (Å²) in [5.74, 6) is 0.210. The Bertz CT molecular complexity index is 869. The largest absolute Gasteiger partial charge is 0.472 e. The summed E-state index contributed by atoms with van der Waals surface area (Å²) in [6.45, 7) is 1.30. The van der Waals surface area contributed by atoms with Gasteiger partial charge in [-0.05, 0) is 0 Å². The molecule has 2 unspecified atom stereocenters. The van der Waals surface area contributed by atoms with Crippen molar-refractivity contribution in [3.8, 4) is 0 Å². The molecule has 1 aliphatic heterocycles. The molecule has 0 aliphatic carbocycles. The average Bonchev–Trinajstić information content (AvgIpc) is 3.32. The van der Waals surface area contributed by atoms with Crippen LogP contribution in [-0.2, 0) is 32.6 Å². The first-order valence-electron chi connectivity index (χ1n) is 9.05. The highest BCUT2D eigenvalue weighted by atomic mass is 31.2. The Kier molecular flexibility index (Phi) is 8.05. The van der Waals surface area contributed by atoms with E-state index in [1.165, 1.54) is 12.7 Å². The number of hydrogen-bond acceptors (Lipinski definition) is 12. The van der Waals surface area contributed by atoms with Crippen molar-refractivity contribution in [1.29, 1.82) is 0 Å². The van der Waals surface area contributed by atoms with Crippen LogP contribution in [0, 0.1) is 0 Å². The predicted molar refractivity (Wildman–Crippen MR) is 102 cm³/mol. The third-order valence-electron chi connectivity index (χ3n) is 4.22. The van der Waals surface area contributed by atoms with Crippen LogP contribution in [0.5, 0.6) is 0 Å². The number of imidazole rings is 1. The standard InChI is InChI=1S/C15H25N6O8P/c1-24-30(22,23)29-10-6-27-15(12(10)28-9-26-5-4-25-3-2-16)21-8-20-11-13(17)18-7-19-14(11)21/h7-8,10,12,15H,2-6,9,16H2,1H3,(H,22,23)(H2,17,18,19)/t10?,12-,15+/m0/s1. The fourth-order valence-corrected chi connectivity index (χ4v) is 3.45. The molecule has 168 valence electrons. The van der Waals surface area contributed by atoms with Gasteiger partial charge in [-0.25, -0.2) is 19.5 Å². The lowest BCUT2D eigenvalue weighted by Crippen LogP contribution is -2.34. The van der Waals surface area contributed by atoms with E-state index in [0.717, 1.165) is 7.11 Å². The highest BCUT2D eigenvalue weighted by molar-refractivity contribution is 7.47. The lowest BCUT2D eigenvalue weighted by atomic mass is 10.2. The van der Waals surface area contributed by atoms with Crippen molar-refractivity contribution >= 4 is 24.8 Å². The van der Waals surface area contributed by atoms with Gasteiger partial charge in [0, 0.05) is 13.7 Å². The third kappa shape index (κ3) is 5.49. The van der Waals surface area contributed by atoms with Crippen LogP contribution in [0.15, 0.2) is 12.7 Å². The summed E-state index contributed by atoms with van der Waals surface area (Å²) in [6.07, 6.45) is 0.239. The van der Waals surface area contributed by atoms with E-state index in [-0.39, 0.29) is 25.8 Å². The Labute approximate surface area is 172 Å². The van der Waals surface area contributed by atoms with Crippen molar-refractivity contribution < 1.29 is 37.5 Å². The second-order valence-corrected chi connectivity index (χ2v) is 7.67. The number of fused-ring (bicyclic) bond motifs is 1. The molecule has 3 rings (SSSR count). The highest BCUT2D eigenvalue weighted by Crippen LogP contribution is 2.46. The van der Waals surface area contributed by atoms with E-state index in [9.17, 15) is 9.46 Å². The molecule has 5 N–H and O–H groups in total. The Morgan fingerprint density at radius 3 is 2.87 bits per heavy atom. The van der Waals surface area contributed by atoms with Gasteiger partial charge in [-0.2, -0.15) is 0 Å². The van der Waals surface area contributed by atoms with Crippen LogP contribution >= 0.6 is 7.82 Å². The van der Waals surface area contributed by atoms with Crippen LogP contribution in [-0.4, -0.2) is 83.5 Å². The Morgan fingerprint density at radius 1 is 1.30 bits per heavy atom. The zero-order chi connectivity index (χ0) is 21.6. The number of phosphoric ester groups is 1. The second-order valence-electron chi connectivity index (χ2n) is 6.16. The minimum absolute atomic E-state index is 0.0386. The molecule has 14 nitrogen and oxygen atoms in total. The van der Waals surface area contributed by atoms with Crippen LogP contribution in [0.25, 0.3) is 11.2 Å². The van der Waals surface area contributed by atoms with E-state index >= 15 is 0 Å². The average molecular weight is 448 g/mol. The first-order valence-corrected chi connectivity index (χ1v) is 10.5. The molecule has 1 fully saturated rings. The van der Waals surface area contributed by atoms with Crippen LogP contribution < -0.4 is 11.5 Å². The Morgan fingerprint density at radius 2 is 2.10 bits per heavy atom. The normalized spacial score (nSPS) is 23.8. The number of phosphoric acid groups is 1. The lowest BCUT2D eigenvalue weighted by Gasteiger charge is -2.24. The van der Waals surface area contributed by atoms with Crippen molar-refractivity contribution in [3.05, 3.63) is 12.7 Å². The SMILES string of the molecule is COP(=O)(O)OC1CO[C@@H](n2cnc3c(N)ncnc32)[C@H]1OCOCCOCCN. The van der Waals surface area contributed by atoms with Gasteiger partial charge in [0.1, 0.15) is 30.8 Å². The first kappa shape index (κ1) is 22.9. The molecule has 30 heavy (non-hydrogen) atoms. The van der Waals surface area contributed by atoms with E-state index < -0.39 is 26.3 Å². The number of ether oxygens (including phenoxy) is 4. The minimum atomic E-state index is -4.28. The van der Waals surface area contributed by atoms with Crippen LogP contribution in [0.1, 0.15) is 6.23 Å². The Hall–Kier alpha value is -1.74. The molecule has 0 saturated carbocycles. The summed E-state index contributed by atoms with van der Waals surface area (Å²) in [4.78, 5) is 22.0. The molecule has 4 atom stereocenters. The number of aromatic nitrogens is 4. The molecule has 3 heterocycles. The van der Waals surface area contributed by atoms with Gasteiger partial charge in [0.15, 0.2) is 17.7 Å². The number of nitrogens with zero attached hydrogens (tertiary/aromatic N) is 4. The first-order chi connectivity index (χ1) is 14.5. The maximum Gasteiger partial charge on any atom is 0.472 e. The molecular formula is C15H25N6O8P. The topological polar surface area (TPSA) is 188 Å². The summed E-state index contributed by atoms with van der Waals surface area (Å²) < 4.78 is 45.3. The van der Waals surface area contributed by atoms with E-state index in [4.69, 9.17) is 34.9 Å². The number of anilines is 1. The molecule has 2 aromatic rings. The number of nitrogen functional groups attached to an aromatic ring is 1. The zero-order valence-electron chi connectivity index (χ0n) is 16.3. The van der Waals surface area contributed by atoms with Crippen molar-refractivity contribution in [1.82, 2.24) is 19.5 Å². The van der Waals surface area contributed by atoms with Crippen molar-refractivity contribution in [2.45, 2.75) is 18.4 Å². The number of rotatable bonds is 12. The zero-order valence-corrected chi connectivity index (χ0v) is 17.2. The summed E-state index contributed by atoms with van der Waals surface area (Å²) in [5, 5.41) is 0. The summed E-state index contributed by atoms with van der Waals surface area (Å²) >= 11 is 0. The van der Waals surface area contributed by atoms with Crippen LogP contribution in [0.4, 0.5) is 5.82 Å². The summed E-state index contributed by atoms with van der Waals surface area (Å²) in [7, 11) is -3.21. The monoisotopic (exact) mass is 448 g/mol. The van der Waals surface area contributed by atoms with Gasteiger partial charge in [-0.1, -0.05) is 0 Å². The second kappa shape index (κ2) is 10.5. The van der Waals surface area contributed by atoms with E-state index in [0.29, 0.717) is 30.9 Å². The van der Waals surface area contributed by atoms with Gasteiger partial charge in [0.2, 0.25) is 0 Å². The fourth-order valence-electron chi connectivity index (χ4n) is 2.84. The molecule has 2 aromatic heterocycles. The van der Waals surface area contributed by atoms with Gasteiger partial charge in [0.05, 0.1) is 32.8 Å². The van der Waals surface area contributed by atoms with Gasteiger partial charge >= 0.3 is 7.82 Å². The predicted octanol–water partition coefficient (Wildman–Crippen LogP) is -0.596. The molecule has 0 amide bonds. The van der Waals surface area contributed by atoms with Gasteiger partial charge in [-0.15, -0.1) is 0 Å². The molecule has 15 heteroatoms. The fraction of sp³-hybridized carbons (Fsp3) is 0.667. The van der Waals surface area contributed by atoms with E-state index in [2.05, 4.69) is 19.5 Å². The molecular weight excluding hydrogens is 423 g/mol. The smallest absolute Gasteiger partial charge is 0.382 e. The number of nitrogens with two attached hydrogens (primary N) is 2. The van der Waals surface area contributed by atoms with Gasteiger partial charge in [-0.3, -0.25) is 13.6 Å². The molecule has 0 spiro atoms. The molecule has 1 aliphatic rings. The minimum Gasteiger partial charge on any atom is -0.382 e. The van der Waals surface area contributed by atoms with E-state index in [1.54, 1.807) is 4.57 Å². The van der Waals surface area contributed by atoms with Crippen molar-refractivity contribution in [2.75, 3.05) is 52.6 Å². The Balaban J connectivity index is 1.72. The van der Waals surface area contributed by atoms with Crippen molar-refractivity contribution in [2.24, 2.45) is 5.73 Å². The summed E-state index contributed by atoms with van der Waals surface area (Å²) in [5.41, 5.74) is 12.0. The molecule has 0 bridgehead atoms. The van der Waals surface area contributed by atoms with Gasteiger partial charge < -0.3 is 35.3 Å². The third-order valence-corrected chi connectivity index (χ3v) is 5.22. The molecule has 0 aromatic carbocycles. The van der Waals surface area contributed by atoms with E-state index in [1.807, 2.05) is 0 Å².